The third kappa shape index (κ3) is 3.28. The molecule has 1 N–H and O–H groups in total. The van der Waals surface area contributed by atoms with Crippen LogP contribution in [0.4, 0.5) is 5.69 Å². The normalized spacial score (nSPS) is 10.3. The predicted molar refractivity (Wildman–Crippen MR) is 81.0 cm³/mol. The van der Waals surface area contributed by atoms with Gasteiger partial charge in [0.05, 0.1) is 7.11 Å². The highest BCUT2D eigenvalue weighted by atomic mass is 16.5. The maximum atomic E-state index is 5.21. The number of anilines is 1. The van der Waals surface area contributed by atoms with E-state index in [1.165, 1.54) is 22.3 Å². The topological polar surface area (TPSA) is 21.3 Å². The van der Waals surface area contributed by atoms with Gasteiger partial charge in [-0.05, 0) is 61.2 Å². The SMILES string of the molecule is COc1ccc(NCc2ccc(C)c(C)c2)c(C)c1. The number of hydrogen-bond donors (Lipinski definition) is 1. The summed E-state index contributed by atoms with van der Waals surface area (Å²) >= 11 is 0. The van der Waals surface area contributed by atoms with Crippen molar-refractivity contribution in [1.29, 1.82) is 0 Å². The van der Waals surface area contributed by atoms with Crippen molar-refractivity contribution in [1.82, 2.24) is 0 Å². The Bertz CT molecular complexity index is 575. The number of ether oxygens (including phenoxy) is 1. The molecule has 0 atom stereocenters. The Labute approximate surface area is 115 Å². The van der Waals surface area contributed by atoms with Crippen LogP contribution in [0.3, 0.4) is 0 Å². The first kappa shape index (κ1) is 13.5. The summed E-state index contributed by atoms with van der Waals surface area (Å²) in [7, 11) is 1.69. The molecular formula is C17H21NO. The van der Waals surface area contributed by atoms with Crippen molar-refractivity contribution < 1.29 is 4.74 Å². The van der Waals surface area contributed by atoms with Gasteiger partial charge in [0.25, 0.3) is 0 Å². The molecule has 2 aromatic rings. The molecule has 0 aromatic heterocycles. The van der Waals surface area contributed by atoms with E-state index in [9.17, 15) is 0 Å². The van der Waals surface area contributed by atoms with Crippen LogP contribution < -0.4 is 10.1 Å². The first-order valence-electron chi connectivity index (χ1n) is 6.55. The van der Waals surface area contributed by atoms with E-state index in [0.29, 0.717) is 0 Å². The Hall–Kier alpha value is -1.96. The van der Waals surface area contributed by atoms with Crippen LogP contribution in [-0.4, -0.2) is 7.11 Å². The van der Waals surface area contributed by atoms with E-state index in [1.807, 2.05) is 12.1 Å². The molecule has 0 spiro atoms. The highest BCUT2D eigenvalue weighted by molar-refractivity contribution is 5.54. The monoisotopic (exact) mass is 255 g/mol. The fourth-order valence-electron chi connectivity index (χ4n) is 2.07. The lowest BCUT2D eigenvalue weighted by Gasteiger charge is -2.12. The van der Waals surface area contributed by atoms with Gasteiger partial charge in [-0.15, -0.1) is 0 Å². The molecule has 0 aliphatic carbocycles. The third-order valence-electron chi connectivity index (χ3n) is 3.49. The summed E-state index contributed by atoms with van der Waals surface area (Å²) in [5, 5.41) is 3.47. The zero-order chi connectivity index (χ0) is 13.8. The highest BCUT2D eigenvalue weighted by Crippen LogP contribution is 2.21. The van der Waals surface area contributed by atoms with Crippen LogP contribution in [-0.2, 0) is 6.54 Å². The van der Waals surface area contributed by atoms with Crippen LogP contribution in [0, 0.1) is 20.8 Å². The van der Waals surface area contributed by atoms with Crippen molar-refractivity contribution in [2.75, 3.05) is 12.4 Å². The average molecular weight is 255 g/mol. The molecule has 0 radical (unpaired) electrons. The van der Waals surface area contributed by atoms with Crippen LogP contribution >= 0.6 is 0 Å². The van der Waals surface area contributed by atoms with Gasteiger partial charge >= 0.3 is 0 Å². The zero-order valence-electron chi connectivity index (χ0n) is 12.1. The summed E-state index contributed by atoms with van der Waals surface area (Å²) < 4.78 is 5.21. The number of nitrogens with one attached hydrogen (secondary N) is 1. The Morgan fingerprint density at radius 3 is 2.32 bits per heavy atom. The molecule has 0 aliphatic rings. The lowest BCUT2D eigenvalue weighted by molar-refractivity contribution is 0.414. The quantitative estimate of drug-likeness (QED) is 0.882. The Balaban J connectivity index is 2.07. The third-order valence-corrected chi connectivity index (χ3v) is 3.49. The summed E-state index contributed by atoms with van der Waals surface area (Å²) in [6.07, 6.45) is 0. The van der Waals surface area contributed by atoms with E-state index < -0.39 is 0 Å². The first-order valence-corrected chi connectivity index (χ1v) is 6.55. The molecule has 100 valence electrons. The van der Waals surface area contributed by atoms with Crippen molar-refractivity contribution >= 4 is 5.69 Å². The zero-order valence-corrected chi connectivity index (χ0v) is 12.1. The van der Waals surface area contributed by atoms with Crippen molar-refractivity contribution in [3.05, 3.63) is 58.7 Å². The van der Waals surface area contributed by atoms with Gasteiger partial charge in [0, 0.05) is 12.2 Å². The van der Waals surface area contributed by atoms with E-state index >= 15 is 0 Å². The molecule has 0 fully saturated rings. The number of aryl methyl sites for hydroxylation is 3. The second-order valence-corrected chi connectivity index (χ2v) is 4.95. The van der Waals surface area contributed by atoms with Crippen LogP contribution in [0.15, 0.2) is 36.4 Å². The largest absolute Gasteiger partial charge is 0.497 e. The van der Waals surface area contributed by atoms with Gasteiger partial charge in [-0.3, -0.25) is 0 Å². The van der Waals surface area contributed by atoms with E-state index in [0.717, 1.165) is 18.0 Å². The summed E-state index contributed by atoms with van der Waals surface area (Å²) in [6.45, 7) is 7.22. The maximum absolute atomic E-state index is 5.21. The molecule has 2 rings (SSSR count). The Morgan fingerprint density at radius 1 is 0.895 bits per heavy atom. The number of rotatable bonds is 4. The minimum absolute atomic E-state index is 0.842. The Morgan fingerprint density at radius 2 is 1.68 bits per heavy atom. The molecule has 2 heteroatoms. The minimum atomic E-state index is 0.842. The van der Waals surface area contributed by atoms with Gasteiger partial charge in [0.1, 0.15) is 5.75 Å². The second kappa shape index (κ2) is 5.79. The van der Waals surface area contributed by atoms with E-state index in [2.05, 4.69) is 50.4 Å². The summed E-state index contributed by atoms with van der Waals surface area (Å²) in [6, 6.07) is 12.7. The fourth-order valence-corrected chi connectivity index (χ4v) is 2.07. The molecule has 2 nitrogen and oxygen atoms in total. The van der Waals surface area contributed by atoms with Gasteiger partial charge in [0.2, 0.25) is 0 Å². The Kier molecular flexibility index (Phi) is 4.10. The number of benzene rings is 2. The van der Waals surface area contributed by atoms with Gasteiger partial charge in [-0.2, -0.15) is 0 Å². The van der Waals surface area contributed by atoms with Crippen molar-refractivity contribution in [2.45, 2.75) is 27.3 Å². The molecule has 0 unspecified atom stereocenters. The van der Waals surface area contributed by atoms with Crippen molar-refractivity contribution in [3.8, 4) is 5.75 Å². The molecule has 19 heavy (non-hydrogen) atoms. The van der Waals surface area contributed by atoms with Crippen LogP contribution in [0.5, 0.6) is 5.75 Å². The molecule has 0 saturated carbocycles. The molecule has 0 heterocycles. The van der Waals surface area contributed by atoms with Gasteiger partial charge < -0.3 is 10.1 Å². The van der Waals surface area contributed by atoms with E-state index in [-0.39, 0.29) is 0 Å². The summed E-state index contributed by atoms with van der Waals surface area (Å²) in [5.74, 6) is 0.897. The lowest BCUT2D eigenvalue weighted by atomic mass is 10.1. The smallest absolute Gasteiger partial charge is 0.119 e. The van der Waals surface area contributed by atoms with Gasteiger partial charge in [0.15, 0.2) is 0 Å². The van der Waals surface area contributed by atoms with Crippen molar-refractivity contribution in [2.24, 2.45) is 0 Å². The van der Waals surface area contributed by atoms with Crippen molar-refractivity contribution in [3.63, 3.8) is 0 Å². The molecule has 2 aromatic carbocycles. The maximum Gasteiger partial charge on any atom is 0.119 e. The summed E-state index contributed by atoms with van der Waals surface area (Å²) in [4.78, 5) is 0. The molecule has 0 saturated heterocycles. The highest BCUT2D eigenvalue weighted by Gasteiger charge is 2.01. The van der Waals surface area contributed by atoms with Gasteiger partial charge in [-0.1, -0.05) is 18.2 Å². The van der Waals surface area contributed by atoms with Crippen LogP contribution in [0.1, 0.15) is 22.3 Å². The van der Waals surface area contributed by atoms with Gasteiger partial charge in [-0.25, -0.2) is 0 Å². The molecule has 0 aliphatic heterocycles. The molecular weight excluding hydrogens is 234 g/mol. The number of hydrogen-bond acceptors (Lipinski definition) is 2. The standard InChI is InChI=1S/C17H21NO/c1-12-5-6-15(9-13(12)2)11-18-17-8-7-16(19-4)10-14(17)3/h5-10,18H,11H2,1-4H3. The lowest BCUT2D eigenvalue weighted by Crippen LogP contribution is -2.01. The fraction of sp³-hybridized carbons (Fsp3) is 0.294. The second-order valence-electron chi connectivity index (χ2n) is 4.95. The average Bonchev–Trinajstić information content (AvgIpc) is 2.41. The number of methoxy groups -OCH3 is 1. The van der Waals surface area contributed by atoms with Crippen LogP contribution in [0.25, 0.3) is 0 Å². The van der Waals surface area contributed by atoms with E-state index in [4.69, 9.17) is 4.74 Å². The predicted octanol–water partition coefficient (Wildman–Crippen LogP) is 4.23. The first-order chi connectivity index (χ1) is 9.10. The summed E-state index contributed by atoms with van der Waals surface area (Å²) in [5.41, 5.74) is 6.33. The van der Waals surface area contributed by atoms with E-state index in [1.54, 1.807) is 7.11 Å². The minimum Gasteiger partial charge on any atom is -0.497 e. The van der Waals surface area contributed by atoms with Crippen LogP contribution in [0.2, 0.25) is 0 Å². The molecule has 0 bridgehead atoms. The molecule has 0 amide bonds.